The van der Waals surface area contributed by atoms with Crippen LogP contribution in [0.3, 0.4) is 0 Å². The first-order chi connectivity index (χ1) is 16.5. The van der Waals surface area contributed by atoms with Crippen LogP contribution in [0.1, 0.15) is 29.9 Å². The highest BCUT2D eigenvalue weighted by molar-refractivity contribution is 5.95. The Bertz CT molecular complexity index is 1330. The number of nitrogens with two attached hydrogens (primary N) is 1. The fourth-order valence-corrected chi connectivity index (χ4v) is 3.38. The topological polar surface area (TPSA) is 157 Å². The van der Waals surface area contributed by atoms with E-state index in [1.54, 1.807) is 49.6 Å². The lowest BCUT2D eigenvalue weighted by molar-refractivity contribution is 0.335. The van der Waals surface area contributed by atoms with Crippen molar-refractivity contribution in [2.75, 3.05) is 19.0 Å². The van der Waals surface area contributed by atoms with Crippen LogP contribution in [-0.2, 0) is 0 Å². The van der Waals surface area contributed by atoms with Crippen molar-refractivity contribution < 1.29 is 9.47 Å². The van der Waals surface area contributed by atoms with Crippen LogP contribution in [-0.4, -0.2) is 44.5 Å². The predicted molar refractivity (Wildman–Crippen MR) is 127 cm³/mol. The average Bonchev–Trinajstić information content (AvgIpc) is 3.24. The van der Waals surface area contributed by atoms with Gasteiger partial charge in [-0.05, 0) is 61.0 Å². The van der Waals surface area contributed by atoms with Gasteiger partial charge in [-0.25, -0.2) is 4.79 Å². The van der Waals surface area contributed by atoms with E-state index in [1.807, 2.05) is 19.1 Å². The number of benzene rings is 2. The molecule has 174 valence electrons. The summed E-state index contributed by atoms with van der Waals surface area (Å²) in [4.78, 5) is 15.5. The van der Waals surface area contributed by atoms with Gasteiger partial charge in [0, 0.05) is 23.5 Å². The third-order valence-electron chi connectivity index (χ3n) is 4.97. The molecule has 1 unspecified atom stereocenters. The lowest BCUT2D eigenvalue weighted by Gasteiger charge is -2.20. The number of anilines is 1. The summed E-state index contributed by atoms with van der Waals surface area (Å²) in [5.74, 6) is 1.83. The summed E-state index contributed by atoms with van der Waals surface area (Å²) in [5, 5.41) is 23.3. The molecule has 11 nitrogen and oxygen atoms in total. The van der Waals surface area contributed by atoms with Gasteiger partial charge in [-0.3, -0.25) is 10.4 Å². The van der Waals surface area contributed by atoms with Crippen LogP contribution in [0.4, 0.5) is 5.69 Å². The van der Waals surface area contributed by atoms with Crippen LogP contribution in [0, 0.1) is 5.41 Å². The Morgan fingerprint density at radius 2 is 1.97 bits per heavy atom. The van der Waals surface area contributed by atoms with Crippen LogP contribution in [0.25, 0.3) is 5.82 Å². The van der Waals surface area contributed by atoms with E-state index in [4.69, 9.17) is 20.6 Å². The number of nitrogens with one attached hydrogen (secondary N) is 3. The van der Waals surface area contributed by atoms with Crippen LogP contribution >= 0.6 is 0 Å². The maximum atomic E-state index is 12.7. The molecule has 0 fully saturated rings. The Hall–Kier alpha value is -4.67. The molecule has 0 saturated carbocycles. The van der Waals surface area contributed by atoms with E-state index in [2.05, 4.69) is 25.6 Å². The molecule has 11 heteroatoms. The number of hydrogen-bond donors (Lipinski definition) is 4. The van der Waals surface area contributed by atoms with Crippen LogP contribution in [0.15, 0.2) is 65.6 Å². The van der Waals surface area contributed by atoms with E-state index >= 15 is 0 Å². The van der Waals surface area contributed by atoms with Crippen molar-refractivity contribution in [2.24, 2.45) is 5.73 Å². The molecule has 0 aliphatic carbocycles. The number of amidine groups is 1. The second-order valence-electron chi connectivity index (χ2n) is 7.25. The van der Waals surface area contributed by atoms with Crippen molar-refractivity contribution in [1.29, 1.82) is 5.41 Å². The monoisotopic (exact) mass is 460 g/mol. The molecule has 0 bridgehead atoms. The molecule has 0 amide bonds. The van der Waals surface area contributed by atoms with E-state index in [1.165, 1.54) is 6.20 Å². The number of nitrogen functional groups attached to an aromatic ring is 1. The van der Waals surface area contributed by atoms with Crippen molar-refractivity contribution in [3.05, 3.63) is 88.2 Å². The normalized spacial score (nSPS) is 11.6. The summed E-state index contributed by atoms with van der Waals surface area (Å²) < 4.78 is 12.3. The third-order valence-corrected chi connectivity index (χ3v) is 4.97. The first-order valence-corrected chi connectivity index (χ1v) is 10.5. The minimum absolute atomic E-state index is 0.0238. The second kappa shape index (κ2) is 9.86. The van der Waals surface area contributed by atoms with Gasteiger partial charge in [0.2, 0.25) is 0 Å². The van der Waals surface area contributed by atoms with E-state index in [0.29, 0.717) is 35.3 Å². The maximum Gasteiger partial charge on any atom is 0.349 e. The molecular weight excluding hydrogens is 436 g/mol. The van der Waals surface area contributed by atoms with E-state index in [-0.39, 0.29) is 5.84 Å². The largest absolute Gasteiger partial charge is 0.497 e. The maximum absolute atomic E-state index is 12.7. The van der Waals surface area contributed by atoms with Gasteiger partial charge < -0.3 is 20.5 Å². The van der Waals surface area contributed by atoms with E-state index in [9.17, 15) is 4.79 Å². The van der Waals surface area contributed by atoms with Gasteiger partial charge in [0.05, 0.1) is 13.7 Å². The Labute approximate surface area is 195 Å². The first kappa shape index (κ1) is 22.5. The second-order valence-corrected chi connectivity index (χ2v) is 7.25. The first-order valence-electron chi connectivity index (χ1n) is 10.5. The number of methoxy groups -OCH3 is 1. The number of ether oxygens (including phenoxy) is 2. The quantitative estimate of drug-likeness (QED) is 0.219. The van der Waals surface area contributed by atoms with Crippen LogP contribution in [0.2, 0.25) is 0 Å². The number of H-pyrrole nitrogens is 1. The molecule has 0 aliphatic rings. The highest BCUT2D eigenvalue weighted by atomic mass is 16.5. The van der Waals surface area contributed by atoms with Crippen molar-refractivity contribution in [3.63, 3.8) is 0 Å². The zero-order chi connectivity index (χ0) is 24.1. The average molecular weight is 460 g/mol. The van der Waals surface area contributed by atoms with E-state index < -0.39 is 11.7 Å². The molecule has 4 rings (SSSR count). The standard InChI is InChI=1S/C23H24N8O3/c1-3-34-18-12-15(11-17(13-18)33-2)20(27-16-8-6-14(7-9-16)21(24)25)22-28-23(32)31(30-22)19-5-4-10-26-29-19/h4-13,20,27H,3H2,1-2H3,(H3,24,25)(H,28,30,32). The molecule has 0 spiro atoms. The van der Waals surface area contributed by atoms with Gasteiger partial charge in [-0.1, -0.05) is 0 Å². The third kappa shape index (κ3) is 4.88. The number of aromatic nitrogens is 5. The van der Waals surface area contributed by atoms with Crippen molar-refractivity contribution in [2.45, 2.75) is 13.0 Å². The fraction of sp³-hybridized carbons (Fsp3) is 0.174. The van der Waals surface area contributed by atoms with Crippen molar-refractivity contribution in [3.8, 4) is 17.3 Å². The summed E-state index contributed by atoms with van der Waals surface area (Å²) in [7, 11) is 1.57. The Morgan fingerprint density at radius 1 is 1.21 bits per heavy atom. The Kier molecular flexibility index (Phi) is 6.53. The molecule has 0 saturated heterocycles. The predicted octanol–water partition coefficient (Wildman–Crippen LogP) is 2.24. The van der Waals surface area contributed by atoms with Crippen LogP contribution < -0.4 is 26.2 Å². The molecule has 34 heavy (non-hydrogen) atoms. The molecule has 5 N–H and O–H groups in total. The zero-order valence-electron chi connectivity index (χ0n) is 18.6. The Balaban J connectivity index is 1.80. The molecule has 2 aromatic heterocycles. The molecule has 4 aromatic rings. The summed E-state index contributed by atoms with van der Waals surface area (Å²) in [5.41, 5.74) is 7.19. The Morgan fingerprint density at radius 3 is 2.62 bits per heavy atom. The van der Waals surface area contributed by atoms with Gasteiger partial charge in [0.1, 0.15) is 23.4 Å². The molecule has 2 aromatic carbocycles. The minimum atomic E-state index is -0.580. The summed E-state index contributed by atoms with van der Waals surface area (Å²) in [6.45, 7) is 2.38. The van der Waals surface area contributed by atoms with E-state index in [0.717, 1.165) is 15.9 Å². The molecular formula is C23H24N8O3. The summed E-state index contributed by atoms with van der Waals surface area (Å²) in [6.07, 6.45) is 1.52. The number of aromatic amines is 1. The van der Waals surface area contributed by atoms with Gasteiger partial charge in [-0.15, -0.1) is 10.2 Å². The van der Waals surface area contributed by atoms with Crippen molar-refractivity contribution >= 4 is 11.5 Å². The lowest BCUT2D eigenvalue weighted by Crippen LogP contribution is -2.17. The minimum Gasteiger partial charge on any atom is -0.497 e. The SMILES string of the molecule is CCOc1cc(OC)cc(C(Nc2ccc(C(=N)N)cc2)c2nn(-c3cccnn3)c(=O)[nH]2)c1. The summed E-state index contributed by atoms with van der Waals surface area (Å²) in [6, 6.07) is 15.3. The fourth-order valence-electron chi connectivity index (χ4n) is 3.38. The zero-order valence-corrected chi connectivity index (χ0v) is 18.6. The molecule has 0 radical (unpaired) electrons. The van der Waals surface area contributed by atoms with Gasteiger partial charge in [0.15, 0.2) is 11.6 Å². The highest BCUT2D eigenvalue weighted by Crippen LogP contribution is 2.31. The smallest absolute Gasteiger partial charge is 0.349 e. The number of hydrogen-bond acceptors (Lipinski definition) is 8. The molecule has 0 aliphatic heterocycles. The molecule has 2 heterocycles. The molecule has 1 atom stereocenters. The van der Waals surface area contributed by atoms with Gasteiger partial charge in [0.25, 0.3) is 0 Å². The van der Waals surface area contributed by atoms with Gasteiger partial charge in [-0.2, -0.15) is 9.78 Å². The number of rotatable bonds is 9. The highest BCUT2D eigenvalue weighted by Gasteiger charge is 2.22. The summed E-state index contributed by atoms with van der Waals surface area (Å²) >= 11 is 0. The lowest BCUT2D eigenvalue weighted by atomic mass is 10.0. The number of nitrogens with zero attached hydrogens (tertiary/aromatic N) is 4. The van der Waals surface area contributed by atoms with Crippen LogP contribution in [0.5, 0.6) is 11.5 Å². The van der Waals surface area contributed by atoms with Crippen molar-refractivity contribution in [1.82, 2.24) is 25.0 Å². The van der Waals surface area contributed by atoms with Gasteiger partial charge >= 0.3 is 5.69 Å².